The van der Waals surface area contributed by atoms with E-state index in [9.17, 15) is 0 Å². The topological polar surface area (TPSA) is 36.9 Å². The van der Waals surface area contributed by atoms with Gasteiger partial charge < -0.3 is 18.9 Å². The Labute approximate surface area is 103 Å². The van der Waals surface area contributed by atoms with Gasteiger partial charge in [0.2, 0.25) is 0 Å². The molecule has 5 heteroatoms. The lowest BCUT2D eigenvalue weighted by Crippen LogP contribution is -2.13. The average molecular weight is 236 g/mol. The van der Waals surface area contributed by atoms with Gasteiger partial charge in [0, 0.05) is 14.2 Å². The molecule has 0 atom stereocenters. The van der Waals surface area contributed by atoms with E-state index < -0.39 is 0 Å². The number of hydrogen-bond acceptors (Lipinski definition) is 4. The number of hydrogen-bond donors (Lipinski definition) is 0. The first-order valence-corrected chi connectivity index (χ1v) is 5.38. The van der Waals surface area contributed by atoms with Crippen molar-refractivity contribution in [2.45, 2.75) is 13.3 Å². The third kappa shape index (κ3) is 3.95. The van der Waals surface area contributed by atoms with Gasteiger partial charge in [-0.05, 0) is 24.1 Å². The molecule has 0 aliphatic carbocycles. The molecule has 0 amide bonds. The van der Waals surface area contributed by atoms with Crippen LogP contribution in [-0.4, -0.2) is 35.7 Å². The highest BCUT2D eigenvalue weighted by Crippen LogP contribution is 2.22. The van der Waals surface area contributed by atoms with Crippen LogP contribution in [0.2, 0.25) is 0 Å². The molecule has 0 aromatic heterocycles. The SMILES string of the molecule is [B]c1cc(OCOC)c(CC)cc1OCOC. The van der Waals surface area contributed by atoms with Crippen molar-refractivity contribution in [1.82, 2.24) is 0 Å². The van der Waals surface area contributed by atoms with Crippen LogP contribution in [0.25, 0.3) is 0 Å². The lowest BCUT2D eigenvalue weighted by Gasteiger charge is -2.14. The molecule has 0 aliphatic rings. The Bertz CT molecular complexity index is 355. The van der Waals surface area contributed by atoms with Crippen LogP contribution in [0, 0.1) is 0 Å². The third-order valence-electron chi connectivity index (χ3n) is 2.24. The standard InChI is InChI=1S/C12H17BO4/c1-4-9-5-12(17-8-15-3)10(13)6-11(9)16-7-14-2/h5-6H,4,7-8H2,1-3H3. The minimum atomic E-state index is 0.172. The third-order valence-corrected chi connectivity index (χ3v) is 2.24. The summed E-state index contributed by atoms with van der Waals surface area (Å²) in [6.07, 6.45) is 0.822. The first-order chi connectivity index (χ1) is 8.22. The summed E-state index contributed by atoms with van der Waals surface area (Å²) in [5.74, 6) is 1.32. The van der Waals surface area contributed by atoms with Gasteiger partial charge in [0.15, 0.2) is 13.6 Å². The molecular weight excluding hydrogens is 219 g/mol. The zero-order valence-electron chi connectivity index (χ0n) is 10.5. The molecule has 0 fully saturated rings. The van der Waals surface area contributed by atoms with Crippen LogP contribution >= 0.6 is 0 Å². The van der Waals surface area contributed by atoms with Crippen molar-refractivity contribution in [2.24, 2.45) is 0 Å². The van der Waals surface area contributed by atoms with Crippen molar-refractivity contribution in [3.8, 4) is 11.5 Å². The van der Waals surface area contributed by atoms with Crippen molar-refractivity contribution in [1.29, 1.82) is 0 Å². The van der Waals surface area contributed by atoms with Crippen molar-refractivity contribution in [3.05, 3.63) is 17.7 Å². The van der Waals surface area contributed by atoms with Crippen molar-refractivity contribution >= 4 is 13.3 Å². The molecule has 2 radical (unpaired) electrons. The second kappa shape index (κ2) is 7.19. The van der Waals surface area contributed by atoms with Crippen LogP contribution in [0.5, 0.6) is 11.5 Å². The largest absolute Gasteiger partial charge is 0.468 e. The molecule has 0 bridgehead atoms. The zero-order valence-corrected chi connectivity index (χ0v) is 10.5. The predicted molar refractivity (Wildman–Crippen MR) is 66.2 cm³/mol. The monoisotopic (exact) mass is 236 g/mol. The molecule has 0 saturated heterocycles. The minimum absolute atomic E-state index is 0.172. The van der Waals surface area contributed by atoms with E-state index in [2.05, 4.69) is 0 Å². The highest BCUT2D eigenvalue weighted by Gasteiger charge is 2.08. The van der Waals surface area contributed by atoms with E-state index in [4.69, 9.17) is 26.8 Å². The fourth-order valence-corrected chi connectivity index (χ4v) is 1.40. The molecule has 1 aromatic rings. The lowest BCUT2D eigenvalue weighted by atomic mass is 9.92. The van der Waals surface area contributed by atoms with E-state index in [-0.39, 0.29) is 13.6 Å². The summed E-state index contributed by atoms with van der Waals surface area (Å²) in [4.78, 5) is 0. The number of methoxy groups -OCH3 is 2. The van der Waals surface area contributed by atoms with Gasteiger partial charge in [-0.1, -0.05) is 12.4 Å². The number of rotatable bonds is 7. The van der Waals surface area contributed by atoms with Crippen molar-refractivity contribution in [2.75, 3.05) is 27.8 Å². The van der Waals surface area contributed by atoms with E-state index in [1.54, 1.807) is 20.3 Å². The summed E-state index contributed by atoms with van der Waals surface area (Å²) in [6.45, 7) is 2.40. The molecule has 0 saturated carbocycles. The van der Waals surface area contributed by atoms with E-state index in [0.717, 1.165) is 17.7 Å². The number of aryl methyl sites for hydroxylation is 1. The summed E-state index contributed by atoms with van der Waals surface area (Å²) in [7, 11) is 8.99. The normalized spacial score (nSPS) is 10.3. The highest BCUT2D eigenvalue weighted by atomic mass is 16.7. The molecule has 1 rings (SSSR count). The summed E-state index contributed by atoms with van der Waals surface area (Å²) < 4.78 is 20.5. The van der Waals surface area contributed by atoms with Crippen LogP contribution in [0.4, 0.5) is 0 Å². The summed E-state index contributed by atoms with van der Waals surface area (Å²) in [6, 6.07) is 3.60. The maximum Gasteiger partial charge on any atom is 0.188 e. The van der Waals surface area contributed by atoms with Crippen LogP contribution in [0.1, 0.15) is 12.5 Å². The van der Waals surface area contributed by atoms with Crippen LogP contribution in [0.15, 0.2) is 12.1 Å². The molecule has 1 aromatic carbocycles. The lowest BCUT2D eigenvalue weighted by molar-refractivity contribution is 0.0484. The van der Waals surface area contributed by atoms with Gasteiger partial charge in [-0.25, -0.2) is 0 Å². The highest BCUT2D eigenvalue weighted by molar-refractivity contribution is 6.34. The maximum atomic E-state index is 5.86. The van der Waals surface area contributed by atoms with Crippen LogP contribution < -0.4 is 14.9 Å². The van der Waals surface area contributed by atoms with Gasteiger partial charge in [0.25, 0.3) is 0 Å². The van der Waals surface area contributed by atoms with E-state index in [1.807, 2.05) is 13.0 Å². The molecule has 0 N–H and O–H groups in total. The summed E-state index contributed by atoms with van der Waals surface area (Å²) in [5.41, 5.74) is 1.53. The van der Waals surface area contributed by atoms with Gasteiger partial charge >= 0.3 is 0 Å². The predicted octanol–water partition coefficient (Wildman–Crippen LogP) is 1.01. The summed E-state index contributed by atoms with van der Waals surface area (Å²) in [5, 5.41) is 0. The van der Waals surface area contributed by atoms with Gasteiger partial charge in [0.1, 0.15) is 19.3 Å². The molecule has 17 heavy (non-hydrogen) atoms. The Morgan fingerprint density at radius 1 is 1.00 bits per heavy atom. The van der Waals surface area contributed by atoms with Crippen LogP contribution in [-0.2, 0) is 15.9 Å². The van der Waals surface area contributed by atoms with Crippen molar-refractivity contribution < 1.29 is 18.9 Å². The van der Waals surface area contributed by atoms with Crippen molar-refractivity contribution in [3.63, 3.8) is 0 Å². The molecule has 0 spiro atoms. The minimum Gasteiger partial charge on any atom is -0.468 e. The van der Waals surface area contributed by atoms with Gasteiger partial charge in [-0.15, -0.1) is 0 Å². The summed E-state index contributed by atoms with van der Waals surface area (Å²) >= 11 is 0. The second-order valence-corrected chi connectivity index (χ2v) is 3.45. The van der Waals surface area contributed by atoms with Crippen LogP contribution in [0.3, 0.4) is 0 Å². The average Bonchev–Trinajstić information content (AvgIpc) is 2.35. The molecule has 4 nitrogen and oxygen atoms in total. The molecular formula is C12H17BO4. The fraction of sp³-hybridized carbons (Fsp3) is 0.500. The zero-order chi connectivity index (χ0) is 12.7. The quantitative estimate of drug-likeness (QED) is 0.523. The number of ether oxygens (including phenoxy) is 4. The Hall–Kier alpha value is -1.20. The van der Waals surface area contributed by atoms with E-state index in [0.29, 0.717) is 11.2 Å². The maximum absolute atomic E-state index is 5.86. The molecule has 92 valence electrons. The van der Waals surface area contributed by atoms with E-state index in [1.165, 1.54) is 0 Å². The first-order valence-electron chi connectivity index (χ1n) is 5.38. The Morgan fingerprint density at radius 2 is 1.59 bits per heavy atom. The van der Waals surface area contributed by atoms with Gasteiger partial charge in [-0.3, -0.25) is 0 Å². The van der Waals surface area contributed by atoms with E-state index >= 15 is 0 Å². The molecule has 0 aliphatic heterocycles. The van der Waals surface area contributed by atoms with Gasteiger partial charge in [-0.2, -0.15) is 0 Å². The van der Waals surface area contributed by atoms with Gasteiger partial charge in [0.05, 0.1) is 0 Å². The second-order valence-electron chi connectivity index (χ2n) is 3.45. The Morgan fingerprint density at radius 3 is 2.12 bits per heavy atom. The molecule has 0 heterocycles. The Balaban J connectivity index is 2.89. The Kier molecular flexibility index (Phi) is 5.87. The number of benzene rings is 1. The fourth-order valence-electron chi connectivity index (χ4n) is 1.40. The first kappa shape index (κ1) is 13.9. The smallest absolute Gasteiger partial charge is 0.188 e. The molecule has 0 unspecified atom stereocenters.